The van der Waals surface area contributed by atoms with Gasteiger partial charge in [-0.15, -0.1) is 0 Å². The molecule has 2 aromatic carbocycles. The van der Waals surface area contributed by atoms with Crippen molar-refractivity contribution in [3.05, 3.63) is 103 Å². The third-order valence-electron chi connectivity index (χ3n) is 6.69. The molecule has 2 aromatic heterocycles. The second-order valence-corrected chi connectivity index (χ2v) is 9.11. The minimum absolute atomic E-state index is 0.0644. The molecular weight excluding hydrogens is 504 g/mol. The molecule has 0 saturated carbocycles. The first-order valence-corrected chi connectivity index (χ1v) is 12.0. The van der Waals surface area contributed by atoms with Gasteiger partial charge in [0.2, 0.25) is 0 Å². The van der Waals surface area contributed by atoms with Crippen molar-refractivity contribution in [2.75, 3.05) is 11.5 Å². The van der Waals surface area contributed by atoms with Gasteiger partial charge in [0.1, 0.15) is 58.2 Å². The molecule has 10 heteroatoms. The number of rotatable bonds is 5. The van der Waals surface area contributed by atoms with Crippen molar-refractivity contribution in [2.24, 2.45) is 0 Å². The number of hydrogen-bond acceptors (Lipinski definition) is 8. The summed E-state index contributed by atoms with van der Waals surface area (Å²) in [5.41, 5.74) is 13.5. The van der Waals surface area contributed by atoms with E-state index in [4.69, 9.17) is 11.5 Å². The van der Waals surface area contributed by atoms with Crippen LogP contribution in [0.25, 0.3) is 22.3 Å². The summed E-state index contributed by atoms with van der Waals surface area (Å²) >= 11 is 0. The average molecular weight is 527 g/mol. The van der Waals surface area contributed by atoms with E-state index in [2.05, 4.69) is 0 Å². The third kappa shape index (κ3) is 4.43. The molecule has 40 heavy (non-hydrogen) atoms. The number of nitrogens with two attached hydrogens (primary N) is 2. The Hall–Kier alpha value is -6.10. The molecule has 0 aliphatic rings. The average Bonchev–Trinajstić information content (AvgIpc) is 2.95. The van der Waals surface area contributed by atoms with E-state index >= 15 is 0 Å². The van der Waals surface area contributed by atoms with Gasteiger partial charge in [-0.3, -0.25) is 18.7 Å². The Bertz CT molecular complexity index is 1810. The zero-order valence-corrected chi connectivity index (χ0v) is 21.7. The van der Waals surface area contributed by atoms with E-state index in [0.29, 0.717) is 11.1 Å². The largest absolute Gasteiger partial charge is 0.384 e. The lowest BCUT2D eigenvalue weighted by Crippen LogP contribution is -2.33. The Morgan fingerprint density at radius 2 is 0.875 bits per heavy atom. The lowest BCUT2D eigenvalue weighted by Gasteiger charge is -2.19. The SMILES string of the molecule is Cc1ccc(-c2c(C#N)c(N)n(CCn3c(N)c(C#N)c(-c4ccc(C)cc4)c(C#N)c3=O)c(=O)c2C#N)cc1. The number of aryl methyl sites for hydroxylation is 2. The summed E-state index contributed by atoms with van der Waals surface area (Å²) < 4.78 is 2.04. The van der Waals surface area contributed by atoms with Crippen LogP contribution in [0.15, 0.2) is 58.1 Å². The second kappa shape index (κ2) is 10.7. The van der Waals surface area contributed by atoms with Crippen molar-refractivity contribution in [2.45, 2.75) is 26.9 Å². The summed E-state index contributed by atoms with van der Waals surface area (Å²) in [6.45, 7) is 3.24. The van der Waals surface area contributed by atoms with Gasteiger partial charge in [0.25, 0.3) is 11.1 Å². The van der Waals surface area contributed by atoms with Gasteiger partial charge in [0, 0.05) is 24.2 Å². The Morgan fingerprint density at radius 1 is 0.575 bits per heavy atom. The van der Waals surface area contributed by atoms with Gasteiger partial charge in [0.05, 0.1) is 0 Å². The number of pyridine rings is 2. The topological polar surface area (TPSA) is 191 Å². The van der Waals surface area contributed by atoms with Crippen LogP contribution < -0.4 is 22.6 Å². The number of benzene rings is 2. The molecule has 0 unspecified atom stereocenters. The first kappa shape index (κ1) is 26.9. The number of nitrogens with zero attached hydrogens (tertiary/aromatic N) is 6. The standard InChI is InChI=1S/C30H22N8O2/c1-17-3-7-19(8-4-17)25-21(13-31)27(35)37(29(39)23(25)15-33)11-12-38-28(36)22(14-32)26(24(16-34)30(38)40)20-9-5-18(2)6-10-20/h3-10H,11-12,35-36H2,1-2H3. The van der Waals surface area contributed by atoms with Gasteiger partial charge in [-0.05, 0) is 25.0 Å². The fourth-order valence-electron chi connectivity index (χ4n) is 4.57. The maximum Gasteiger partial charge on any atom is 0.270 e. The molecule has 0 amide bonds. The van der Waals surface area contributed by atoms with Crippen molar-refractivity contribution in [3.8, 4) is 46.5 Å². The van der Waals surface area contributed by atoms with Crippen LogP contribution in [0.3, 0.4) is 0 Å². The van der Waals surface area contributed by atoms with Crippen LogP contribution in [-0.4, -0.2) is 9.13 Å². The van der Waals surface area contributed by atoms with Gasteiger partial charge in [-0.1, -0.05) is 59.7 Å². The molecule has 0 atom stereocenters. The van der Waals surface area contributed by atoms with Gasteiger partial charge in [0.15, 0.2) is 0 Å². The van der Waals surface area contributed by atoms with Crippen LogP contribution >= 0.6 is 0 Å². The van der Waals surface area contributed by atoms with Crippen molar-refractivity contribution in [1.29, 1.82) is 21.0 Å². The monoisotopic (exact) mass is 526 g/mol. The molecule has 0 aliphatic heterocycles. The molecule has 4 N–H and O–H groups in total. The first-order chi connectivity index (χ1) is 19.2. The summed E-state index contributed by atoms with van der Waals surface area (Å²) in [7, 11) is 0. The highest BCUT2D eigenvalue weighted by Crippen LogP contribution is 2.31. The smallest absolute Gasteiger partial charge is 0.270 e. The molecule has 0 aliphatic carbocycles. The molecular formula is C30H22N8O2. The molecule has 0 radical (unpaired) electrons. The Labute approximate surface area is 229 Å². The summed E-state index contributed by atoms with van der Waals surface area (Å²) in [6.07, 6.45) is 0. The van der Waals surface area contributed by atoms with Gasteiger partial charge in [-0.2, -0.15) is 21.0 Å². The molecule has 4 rings (SSSR count). The summed E-state index contributed by atoms with van der Waals surface area (Å²) in [5.74, 6) is -0.378. The Morgan fingerprint density at radius 3 is 1.15 bits per heavy atom. The number of hydrogen-bond donors (Lipinski definition) is 2. The van der Waals surface area contributed by atoms with Gasteiger partial charge < -0.3 is 11.5 Å². The molecule has 194 valence electrons. The fourth-order valence-corrected chi connectivity index (χ4v) is 4.57. The Balaban J connectivity index is 1.87. The van der Waals surface area contributed by atoms with E-state index in [1.807, 2.05) is 38.1 Å². The zero-order valence-electron chi connectivity index (χ0n) is 21.7. The van der Waals surface area contributed by atoms with Crippen LogP contribution in [0.4, 0.5) is 11.6 Å². The number of nitriles is 4. The van der Waals surface area contributed by atoms with Gasteiger partial charge in [-0.25, -0.2) is 0 Å². The van der Waals surface area contributed by atoms with Crippen molar-refractivity contribution < 1.29 is 0 Å². The predicted octanol–water partition coefficient (Wildman–Crippen LogP) is 3.31. The normalized spacial score (nSPS) is 10.2. The third-order valence-corrected chi connectivity index (χ3v) is 6.69. The lowest BCUT2D eigenvalue weighted by molar-refractivity contribution is 0.562. The van der Waals surface area contributed by atoms with Gasteiger partial charge >= 0.3 is 0 Å². The Kier molecular flexibility index (Phi) is 7.22. The van der Waals surface area contributed by atoms with Crippen molar-refractivity contribution in [1.82, 2.24) is 9.13 Å². The number of aromatic nitrogens is 2. The molecule has 2 heterocycles. The highest BCUT2D eigenvalue weighted by molar-refractivity contribution is 5.81. The zero-order chi connectivity index (χ0) is 29.1. The minimum Gasteiger partial charge on any atom is -0.384 e. The van der Waals surface area contributed by atoms with Crippen LogP contribution in [0.1, 0.15) is 33.4 Å². The minimum atomic E-state index is -0.751. The van der Waals surface area contributed by atoms with E-state index in [1.54, 1.807) is 48.5 Å². The summed E-state index contributed by atoms with van der Waals surface area (Å²) in [4.78, 5) is 26.8. The predicted molar refractivity (Wildman–Crippen MR) is 149 cm³/mol. The second-order valence-electron chi connectivity index (χ2n) is 9.11. The van der Waals surface area contributed by atoms with E-state index in [1.165, 1.54) is 0 Å². The molecule has 0 saturated heterocycles. The van der Waals surface area contributed by atoms with Crippen LogP contribution in [-0.2, 0) is 13.1 Å². The highest BCUT2D eigenvalue weighted by atomic mass is 16.1. The quantitative estimate of drug-likeness (QED) is 0.395. The number of anilines is 2. The molecule has 4 aromatic rings. The van der Waals surface area contributed by atoms with E-state index in [9.17, 15) is 30.6 Å². The number of nitrogen functional groups attached to an aromatic ring is 2. The first-order valence-electron chi connectivity index (χ1n) is 12.0. The van der Waals surface area contributed by atoms with Crippen molar-refractivity contribution >= 4 is 11.6 Å². The fraction of sp³-hybridized carbons (Fsp3) is 0.133. The van der Waals surface area contributed by atoms with Crippen molar-refractivity contribution in [3.63, 3.8) is 0 Å². The lowest BCUT2D eigenvalue weighted by atomic mass is 9.95. The molecule has 0 bridgehead atoms. The van der Waals surface area contributed by atoms with E-state index < -0.39 is 11.1 Å². The van der Waals surface area contributed by atoms with E-state index in [-0.39, 0.29) is 58.1 Å². The molecule has 0 fully saturated rings. The maximum atomic E-state index is 13.4. The maximum absolute atomic E-state index is 13.4. The molecule has 0 spiro atoms. The van der Waals surface area contributed by atoms with Crippen LogP contribution in [0.2, 0.25) is 0 Å². The summed E-state index contributed by atoms with van der Waals surface area (Å²) in [6, 6.07) is 21.7. The van der Waals surface area contributed by atoms with E-state index in [0.717, 1.165) is 20.3 Å². The molecule has 10 nitrogen and oxygen atoms in total. The summed E-state index contributed by atoms with van der Waals surface area (Å²) in [5, 5.41) is 39.5. The highest BCUT2D eigenvalue weighted by Gasteiger charge is 2.24. The van der Waals surface area contributed by atoms with Crippen LogP contribution in [0, 0.1) is 59.2 Å². The van der Waals surface area contributed by atoms with Crippen LogP contribution in [0.5, 0.6) is 0 Å².